The van der Waals surface area contributed by atoms with Crippen molar-refractivity contribution < 1.29 is 4.74 Å². The molecule has 1 aliphatic rings. The fourth-order valence-corrected chi connectivity index (χ4v) is 12.9. The van der Waals surface area contributed by atoms with Gasteiger partial charge in [-0.15, -0.1) is 11.3 Å². The van der Waals surface area contributed by atoms with Gasteiger partial charge in [0.1, 0.15) is 24.0 Å². The van der Waals surface area contributed by atoms with Gasteiger partial charge in [0.2, 0.25) is 0 Å². The van der Waals surface area contributed by atoms with E-state index in [0.29, 0.717) is 6.67 Å². The third-order valence-electron chi connectivity index (χ3n) is 16.4. The SMILES string of the molecule is CC(C)(C)c1cc(-c2cccc(-c3cc(C(C)(C)C)cc(C(C)(C)C)c3)c2N2CN(c3cccc(Oc4ccc5c6sc7ccc8ccccc8c7c6n(-c6cc(C(C)(C)C)ccn6)c5c4)c3)c3ccccc32)cc(C(C)(C)C)c1. The highest BCUT2D eigenvalue weighted by Gasteiger charge is 2.34. The zero-order chi connectivity index (χ0) is 56.4. The summed E-state index contributed by atoms with van der Waals surface area (Å²) in [5.74, 6) is 2.44. The second-order valence-electron chi connectivity index (χ2n) is 27.5. The lowest BCUT2D eigenvalue weighted by Crippen LogP contribution is -2.25. The Bertz CT molecular complexity index is 4070. The standard InChI is InChI=1S/C74H76N4OS/c1-70(2,3)49-34-35-75-65(42-49)78-63-44-56(31-32-60(63)69-68(78)66-57-25-17-16-22-46(57)30-33-64(66)80-69)79-55-24-20-23-54(43-55)76-45-77(62-29-19-18-28-61(62)76)67-58(47-36-50(71(4,5)6)40-51(37-47)72(7,8)9)26-21-27-59(67)48-38-52(73(10,11)12)41-53(39-48)74(13,14)15/h16-44H,45H2,1-15H3. The number of nitrogens with zero attached hydrogens (tertiary/aromatic N) is 4. The maximum Gasteiger partial charge on any atom is 0.137 e. The van der Waals surface area contributed by atoms with Crippen LogP contribution in [0.25, 0.3) is 70.0 Å². The lowest BCUT2D eigenvalue weighted by atomic mass is 9.77. The topological polar surface area (TPSA) is 33.5 Å². The van der Waals surface area contributed by atoms with Gasteiger partial charge in [-0.3, -0.25) is 4.57 Å². The summed E-state index contributed by atoms with van der Waals surface area (Å²) in [6.07, 6.45) is 1.96. The fourth-order valence-electron chi connectivity index (χ4n) is 11.6. The summed E-state index contributed by atoms with van der Waals surface area (Å²) in [5, 5.41) is 4.91. The minimum absolute atomic E-state index is 0.0490. The second-order valence-corrected chi connectivity index (χ2v) is 28.5. The molecule has 0 spiro atoms. The predicted molar refractivity (Wildman–Crippen MR) is 344 cm³/mol. The average Bonchev–Trinajstić information content (AvgIpc) is 4.28. The maximum atomic E-state index is 7.02. The van der Waals surface area contributed by atoms with Crippen LogP contribution in [-0.2, 0) is 27.1 Å². The number of thiophene rings is 1. The molecule has 0 unspecified atom stereocenters. The molecule has 0 atom stereocenters. The largest absolute Gasteiger partial charge is 0.457 e. The monoisotopic (exact) mass is 1070 g/mol. The Kier molecular flexibility index (Phi) is 12.6. The highest BCUT2D eigenvalue weighted by molar-refractivity contribution is 7.27. The van der Waals surface area contributed by atoms with Gasteiger partial charge in [-0.1, -0.05) is 207 Å². The van der Waals surface area contributed by atoms with E-state index in [-0.39, 0.29) is 27.1 Å². The number of rotatable bonds is 7. The molecule has 5 nitrogen and oxygen atoms in total. The number of anilines is 4. The maximum absolute atomic E-state index is 7.02. The van der Waals surface area contributed by atoms with Gasteiger partial charge in [0.15, 0.2) is 0 Å². The first-order chi connectivity index (χ1) is 37.8. The Labute approximate surface area is 478 Å². The first-order valence-corrected chi connectivity index (χ1v) is 29.3. The van der Waals surface area contributed by atoms with Crippen LogP contribution in [-0.4, -0.2) is 16.2 Å². The number of hydrogen-bond acceptors (Lipinski definition) is 5. The Morgan fingerprint density at radius 2 is 1.00 bits per heavy atom. The van der Waals surface area contributed by atoms with E-state index in [0.717, 1.165) is 39.9 Å². The summed E-state index contributed by atoms with van der Waals surface area (Å²) in [6, 6.07) is 63.4. The first-order valence-electron chi connectivity index (χ1n) is 28.5. The van der Waals surface area contributed by atoms with Crippen molar-refractivity contribution in [3.63, 3.8) is 0 Å². The van der Waals surface area contributed by atoms with E-state index in [1.54, 1.807) is 0 Å². The summed E-state index contributed by atoms with van der Waals surface area (Å²) in [7, 11) is 0. The Hall–Kier alpha value is -7.67. The number of fused-ring (bicyclic) bond motifs is 8. The fraction of sp³-hybridized carbons (Fsp3) is 0.284. The van der Waals surface area contributed by atoms with Gasteiger partial charge < -0.3 is 14.5 Å². The molecule has 4 heterocycles. The first kappa shape index (κ1) is 53.0. The molecule has 6 heteroatoms. The number of pyridine rings is 1. The van der Waals surface area contributed by atoms with Gasteiger partial charge in [-0.05, 0) is 131 Å². The Morgan fingerprint density at radius 1 is 0.450 bits per heavy atom. The number of para-hydroxylation sites is 3. The van der Waals surface area contributed by atoms with Crippen LogP contribution in [0.3, 0.4) is 0 Å². The van der Waals surface area contributed by atoms with Crippen molar-refractivity contribution in [2.75, 3.05) is 16.5 Å². The molecule has 0 amide bonds. The number of hydrogen-bond donors (Lipinski definition) is 0. The van der Waals surface area contributed by atoms with Crippen LogP contribution in [0.4, 0.5) is 22.7 Å². The van der Waals surface area contributed by atoms with E-state index in [1.165, 1.54) is 92.2 Å². The van der Waals surface area contributed by atoms with Crippen molar-refractivity contribution in [1.82, 2.24) is 9.55 Å². The molecule has 0 aliphatic carbocycles. The van der Waals surface area contributed by atoms with E-state index < -0.39 is 0 Å². The van der Waals surface area contributed by atoms with Crippen LogP contribution < -0.4 is 14.5 Å². The number of ether oxygens (including phenoxy) is 1. The van der Waals surface area contributed by atoms with Crippen LogP contribution in [0.5, 0.6) is 11.5 Å². The lowest BCUT2D eigenvalue weighted by Gasteiger charge is -2.31. The summed E-state index contributed by atoms with van der Waals surface area (Å²) < 4.78 is 11.9. The van der Waals surface area contributed by atoms with Crippen LogP contribution >= 0.6 is 11.3 Å². The van der Waals surface area contributed by atoms with Crippen LogP contribution in [0.2, 0.25) is 0 Å². The molecule has 11 aromatic rings. The molecular formula is C74H76N4OS. The quantitative estimate of drug-likeness (QED) is 0.159. The van der Waals surface area contributed by atoms with Crippen molar-refractivity contribution >= 4 is 76.1 Å². The van der Waals surface area contributed by atoms with E-state index in [4.69, 9.17) is 9.72 Å². The van der Waals surface area contributed by atoms with Crippen LogP contribution in [0.1, 0.15) is 132 Å². The van der Waals surface area contributed by atoms with Gasteiger partial charge >= 0.3 is 0 Å². The summed E-state index contributed by atoms with van der Waals surface area (Å²) in [6.45, 7) is 35.4. The minimum atomic E-state index is -0.0522. The molecule has 0 fully saturated rings. The Morgan fingerprint density at radius 3 is 1.60 bits per heavy atom. The summed E-state index contributed by atoms with van der Waals surface area (Å²) in [5.41, 5.74) is 18.0. The molecule has 404 valence electrons. The zero-order valence-corrected chi connectivity index (χ0v) is 50.4. The van der Waals surface area contributed by atoms with Crippen molar-refractivity contribution in [1.29, 1.82) is 0 Å². The van der Waals surface area contributed by atoms with Crippen molar-refractivity contribution in [3.05, 3.63) is 204 Å². The number of benzene rings is 8. The molecule has 0 bridgehead atoms. The molecule has 80 heavy (non-hydrogen) atoms. The summed E-state index contributed by atoms with van der Waals surface area (Å²) >= 11 is 1.86. The van der Waals surface area contributed by atoms with E-state index in [1.807, 2.05) is 17.5 Å². The van der Waals surface area contributed by atoms with Crippen molar-refractivity contribution in [2.45, 2.75) is 131 Å². The molecule has 1 aliphatic heterocycles. The predicted octanol–water partition coefficient (Wildman–Crippen LogP) is 21.4. The lowest BCUT2D eigenvalue weighted by molar-refractivity contribution is 0.483. The molecule has 12 rings (SSSR count). The van der Waals surface area contributed by atoms with Gasteiger partial charge in [0.05, 0.1) is 32.8 Å². The van der Waals surface area contributed by atoms with Crippen molar-refractivity contribution in [3.8, 4) is 39.6 Å². The minimum Gasteiger partial charge on any atom is -0.457 e. The van der Waals surface area contributed by atoms with E-state index in [2.05, 4.69) is 288 Å². The molecule has 0 radical (unpaired) electrons. The van der Waals surface area contributed by atoms with Crippen LogP contribution in [0, 0.1) is 0 Å². The smallest absolute Gasteiger partial charge is 0.137 e. The number of aromatic nitrogens is 2. The van der Waals surface area contributed by atoms with E-state index >= 15 is 0 Å². The van der Waals surface area contributed by atoms with Gasteiger partial charge in [-0.25, -0.2) is 4.98 Å². The third kappa shape index (κ3) is 9.53. The van der Waals surface area contributed by atoms with Gasteiger partial charge in [0, 0.05) is 50.6 Å². The molecule has 0 saturated carbocycles. The second kappa shape index (κ2) is 19.0. The van der Waals surface area contributed by atoms with Gasteiger partial charge in [0.25, 0.3) is 0 Å². The third-order valence-corrected chi connectivity index (χ3v) is 17.6. The molecular weight excluding hydrogens is 993 g/mol. The average molecular weight is 1070 g/mol. The molecule has 3 aromatic heterocycles. The molecule has 8 aromatic carbocycles. The molecule has 0 saturated heterocycles. The van der Waals surface area contributed by atoms with E-state index in [9.17, 15) is 0 Å². The highest BCUT2D eigenvalue weighted by atomic mass is 32.1. The molecule has 0 N–H and O–H groups in total. The Balaban J connectivity index is 0.991. The van der Waals surface area contributed by atoms with Gasteiger partial charge in [-0.2, -0.15) is 0 Å². The van der Waals surface area contributed by atoms with Crippen LogP contribution in [0.15, 0.2) is 176 Å². The normalized spacial score (nSPS) is 13.6. The highest BCUT2D eigenvalue weighted by Crippen LogP contribution is 2.52. The zero-order valence-electron chi connectivity index (χ0n) is 49.6. The van der Waals surface area contributed by atoms with Crippen molar-refractivity contribution in [2.24, 2.45) is 0 Å². The summed E-state index contributed by atoms with van der Waals surface area (Å²) in [4.78, 5) is 10.1.